The molecule has 0 spiro atoms. The van der Waals surface area contributed by atoms with Crippen molar-refractivity contribution in [3.63, 3.8) is 0 Å². The first-order valence-corrected chi connectivity index (χ1v) is 0. The van der Waals surface area contributed by atoms with E-state index in [4.69, 9.17) is 0 Å². The van der Waals surface area contributed by atoms with Gasteiger partial charge in [0.15, 0.2) is 0 Å². The molecule has 47 valence electrons. The SMILES string of the molecule is [AlH2].[Cu].[Fe].[Mn].[Ni].[W]. The molecule has 6 heteroatoms. The fraction of sp³-hybridized carbons (Fsp3) is 0. The molecule has 0 unspecified atom stereocenters. The molecule has 0 N–H and O–H groups in total. The molecule has 0 aromatic carbocycles. The van der Waals surface area contributed by atoms with E-state index in [1.165, 1.54) is 0 Å². The van der Waals surface area contributed by atoms with Crippen LogP contribution in [0.25, 0.3) is 0 Å². The Kier molecular flexibility index (Phi) is 403. The summed E-state index contributed by atoms with van der Waals surface area (Å²) in [6.07, 6.45) is 0. The van der Waals surface area contributed by atoms with Gasteiger partial charge in [0.25, 0.3) is 0 Å². The van der Waals surface area contributed by atoms with Gasteiger partial charge in [0.2, 0.25) is 0 Å². The molecule has 0 heterocycles. The second-order valence-corrected chi connectivity index (χ2v) is 0. The van der Waals surface area contributed by atoms with Crippen LogP contribution in [0.3, 0.4) is 0 Å². The topological polar surface area (TPSA) is 0 Å². The van der Waals surface area contributed by atoms with Crippen LogP contribution in [0.2, 0.25) is 0 Å². The Bertz CT molecular complexity index is 15.5. The van der Waals surface area contributed by atoms with Gasteiger partial charge >= 0.3 is 0 Å². The number of hydrogen-bond donors (Lipinski definition) is 0. The van der Waals surface area contributed by atoms with Crippen LogP contribution in [0.5, 0.6) is 0 Å². The van der Waals surface area contributed by atoms with Crippen LogP contribution < -0.4 is 0 Å². The van der Waals surface area contributed by atoms with Gasteiger partial charge < -0.3 is 0 Å². The third-order valence-electron chi connectivity index (χ3n) is 0. The van der Waals surface area contributed by atoms with E-state index in [2.05, 4.69) is 0 Å². The molecular formula is H2AlCuFeMnNiW. The maximum absolute atomic E-state index is 0. The molecule has 3 radical (unpaired) electrons. The molecule has 0 aliphatic carbocycles. The molecule has 0 nitrogen and oxygen atoms in total. The fourth-order valence-corrected chi connectivity index (χ4v) is 0. The molecule has 0 saturated heterocycles. The Hall–Kier alpha value is 3.27. The van der Waals surface area contributed by atoms with Crippen molar-refractivity contribution < 1.29 is 88.8 Å². The normalized spacial score (nSPS) is 0. The van der Waals surface area contributed by atoms with Crippen molar-refractivity contribution in [2.75, 3.05) is 0 Å². The summed E-state index contributed by atoms with van der Waals surface area (Å²) in [6.45, 7) is 0. The third-order valence-corrected chi connectivity index (χ3v) is 0. The van der Waals surface area contributed by atoms with Crippen LogP contribution in [-0.2, 0) is 88.8 Å². The average Bonchev–Trinajstić information content (AvgIpc) is 0. The summed E-state index contributed by atoms with van der Waals surface area (Å²) in [5, 5.41) is 0. The maximum Gasteiger partial charge on any atom is 0.146 e. The average molecular weight is 446 g/mol. The molecule has 0 bridgehead atoms. The summed E-state index contributed by atoms with van der Waals surface area (Å²) < 4.78 is 0. The quantitative estimate of drug-likeness (QED) is 0.423. The summed E-state index contributed by atoms with van der Waals surface area (Å²) in [4.78, 5) is 0. The summed E-state index contributed by atoms with van der Waals surface area (Å²) >= 11 is 0. The minimum atomic E-state index is 0. The molecule has 0 saturated carbocycles. The van der Waals surface area contributed by atoms with E-state index in [0.29, 0.717) is 0 Å². The van der Waals surface area contributed by atoms with Crippen LogP contribution in [0.1, 0.15) is 0 Å². The summed E-state index contributed by atoms with van der Waals surface area (Å²) in [7, 11) is 0. The van der Waals surface area contributed by atoms with E-state index in [9.17, 15) is 0 Å². The zero-order chi connectivity index (χ0) is 0. The van der Waals surface area contributed by atoms with E-state index in [1.807, 2.05) is 0 Å². The minimum Gasteiger partial charge on any atom is 0 e. The fourth-order valence-electron chi connectivity index (χ4n) is 0. The number of rotatable bonds is 0. The van der Waals surface area contributed by atoms with Crippen molar-refractivity contribution >= 4 is 17.4 Å². The predicted molar refractivity (Wildman–Crippen MR) is 8.54 cm³/mol. The van der Waals surface area contributed by atoms with Gasteiger partial charge in [-0.25, -0.2) is 0 Å². The smallest absolute Gasteiger partial charge is 0 e. The van der Waals surface area contributed by atoms with Crippen LogP contribution in [-0.4, -0.2) is 17.4 Å². The van der Waals surface area contributed by atoms with Crippen LogP contribution >= 0.6 is 0 Å². The van der Waals surface area contributed by atoms with Crippen LogP contribution in [0, 0.1) is 0 Å². The van der Waals surface area contributed by atoms with E-state index in [-0.39, 0.29) is 106 Å². The van der Waals surface area contributed by atoms with Gasteiger partial charge in [-0.2, -0.15) is 0 Å². The molecule has 6 heavy (non-hydrogen) atoms. The molecule has 0 amide bonds. The maximum atomic E-state index is 0. The second kappa shape index (κ2) is 40.9. The van der Waals surface area contributed by atoms with Gasteiger partial charge in [-0.1, -0.05) is 0 Å². The molecule has 0 fully saturated rings. The van der Waals surface area contributed by atoms with Gasteiger partial charge in [-0.15, -0.1) is 0 Å². The van der Waals surface area contributed by atoms with Crippen LogP contribution in [0.15, 0.2) is 0 Å². The van der Waals surface area contributed by atoms with Gasteiger partial charge in [-0.3, -0.25) is 0 Å². The van der Waals surface area contributed by atoms with Crippen molar-refractivity contribution in [3.05, 3.63) is 0 Å². The van der Waals surface area contributed by atoms with Gasteiger partial charge in [0, 0.05) is 88.8 Å². The zero-order valence-corrected chi connectivity index (χ0v) is 11.9. The van der Waals surface area contributed by atoms with Crippen molar-refractivity contribution in [1.82, 2.24) is 0 Å². The number of hydrogen-bond acceptors (Lipinski definition) is 0. The Morgan fingerprint density at radius 2 is 1.00 bits per heavy atom. The first kappa shape index (κ1) is 59.2. The molecule has 0 aliphatic rings. The van der Waals surface area contributed by atoms with Crippen molar-refractivity contribution in [2.45, 2.75) is 0 Å². The Labute approximate surface area is 104 Å². The summed E-state index contributed by atoms with van der Waals surface area (Å²) in [6, 6.07) is 0. The molecule has 0 atom stereocenters. The van der Waals surface area contributed by atoms with E-state index in [0.717, 1.165) is 0 Å². The van der Waals surface area contributed by atoms with Crippen molar-refractivity contribution in [2.24, 2.45) is 0 Å². The Morgan fingerprint density at radius 1 is 1.00 bits per heavy atom. The van der Waals surface area contributed by atoms with Gasteiger partial charge in [-0.05, 0) is 0 Å². The van der Waals surface area contributed by atoms with Gasteiger partial charge in [0.1, 0.15) is 17.4 Å². The second-order valence-electron chi connectivity index (χ2n) is 0. The van der Waals surface area contributed by atoms with Crippen molar-refractivity contribution in [1.29, 1.82) is 0 Å². The van der Waals surface area contributed by atoms with E-state index < -0.39 is 0 Å². The standard InChI is InChI=1S/Al.Cu.Fe.Mn.Ni.W.2H. The summed E-state index contributed by atoms with van der Waals surface area (Å²) in [5.74, 6) is 0. The Balaban J connectivity index is 0. The molecule has 0 rings (SSSR count). The molecule has 0 aromatic rings. The first-order chi connectivity index (χ1) is 0. The zero-order valence-electron chi connectivity index (χ0n) is 2.76. The van der Waals surface area contributed by atoms with Crippen LogP contribution in [0.4, 0.5) is 0 Å². The third kappa shape index (κ3) is 26.7. The Morgan fingerprint density at radius 3 is 1.00 bits per heavy atom. The minimum absolute atomic E-state index is 0. The monoisotopic (exact) mass is 445 g/mol. The summed E-state index contributed by atoms with van der Waals surface area (Å²) in [5.41, 5.74) is 0. The van der Waals surface area contributed by atoms with Gasteiger partial charge in [0.05, 0.1) is 0 Å². The predicted octanol–water partition coefficient (Wildman–Crippen LogP) is -0.929. The molecular weight excluding hydrogens is 444 g/mol. The van der Waals surface area contributed by atoms with Crippen molar-refractivity contribution in [3.8, 4) is 0 Å². The largest absolute Gasteiger partial charge is 0.146 e. The first-order valence-electron chi connectivity index (χ1n) is 0. The van der Waals surface area contributed by atoms with E-state index >= 15 is 0 Å². The van der Waals surface area contributed by atoms with E-state index in [1.54, 1.807) is 0 Å². The molecule has 0 aromatic heterocycles. The molecule has 0 aliphatic heterocycles.